The second-order valence-corrected chi connectivity index (χ2v) is 5.83. The number of nitrogens with zero attached hydrogens (tertiary/aromatic N) is 3. The highest BCUT2D eigenvalue weighted by Crippen LogP contribution is 2.25. The van der Waals surface area contributed by atoms with Crippen molar-refractivity contribution in [2.45, 2.75) is 51.4 Å². The van der Waals surface area contributed by atoms with Crippen LogP contribution in [0.4, 0.5) is 0 Å². The summed E-state index contributed by atoms with van der Waals surface area (Å²) in [5.74, 6) is 0.0408. The van der Waals surface area contributed by atoms with Crippen LogP contribution in [0.5, 0.6) is 0 Å². The maximum atomic E-state index is 12.5. The molecule has 21 heavy (non-hydrogen) atoms. The lowest BCUT2D eigenvalue weighted by atomic mass is 10.1. The first kappa shape index (κ1) is 14.3. The molecule has 1 fully saturated rings. The van der Waals surface area contributed by atoms with Gasteiger partial charge >= 0.3 is 0 Å². The predicted octanol–water partition coefficient (Wildman–Crippen LogP) is 0.623. The molecule has 0 unspecified atom stereocenters. The SMILES string of the molecule is CC[C@@H]1CC[C@@H](C(=O)N2CCc3c(ncn(C)c3=O)C2)O1. The molecule has 6 heteroatoms. The summed E-state index contributed by atoms with van der Waals surface area (Å²) < 4.78 is 7.27. The van der Waals surface area contributed by atoms with E-state index in [1.165, 1.54) is 10.9 Å². The van der Waals surface area contributed by atoms with Gasteiger partial charge in [-0.05, 0) is 25.7 Å². The van der Waals surface area contributed by atoms with E-state index in [0.29, 0.717) is 19.5 Å². The van der Waals surface area contributed by atoms with Gasteiger partial charge in [-0.3, -0.25) is 9.59 Å². The molecule has 3 rings (SSSR count). The lowest BCUT2D eigenvalue weighted by molar-refractivity contribution is -0.144. The van der Waals surface area contributed by atoms with Gasteiger partial charge in [0.2, 0.25) is 0 Å². The van der Waals surface area contributed by atoms with Gasteiger partial charge in [0, 0.05) is 19.2 Å². The predicted molar refractivity (Wildman–Crippen MR) is 76.8 cm³/mol. The van der Waals surface area contributed by atoms with Gasteiger partial charge in [0.15, 0.2) is 0 Å². The molecule has 2 aliphatic rings. The molecule has 0 aliphatic carbocycles. The van der Waals surface area contributed by atoms with Crippen LogP contribution in [-0.2, 0) is 29.5 Å². The van der Waals surface area contributed by atoms with Crippen LogP contribution in [-0.4, -0.2) is 39.1 Å². The molecule has 2 aliphatic heterocycles. The Hall–Kier alpha value is -1.69. The summed E-state index contributed by atoms with van der Waals surface area (Å²) >= 11 is 0. The summed E-state index contributed by atoms with van der Waals surface area (Å²) in [6.07, 6.45) is 4.69. The van der Waals surface area contributed by atoms with E-state index < -0.39 is 0 Å². The van der Waals surface area contributed by atoms with Crippen molar-refractivity contribution in [1.29, 1.82) is 0 Å². The normalized spacial score (nSPS) is 25.0. The third-order valence-electron chi connectivity index (χ3n) is 4.44. The Morgan fingerprint density at radius 2 is 2.29 bits per heavy atom. The highest BCUT2D eigenvalue weighted by atomic mass is 16.5. The molecular formula is C15H21N3O3. The first-order valence-corrected chi connectivity index (χ1v) is 7.57. The van der Waals surface area contributed by atoms with Gasteiger partial charge in [0.1, 0.15) is 6.10 Å². The average Bonchev–Trinajstić information content (AvgIpc) is 2.99. The molecule has 0 spiro atoms. The Balaban J connectivity index is 1.73. The minimum Gasteiger partial charge on any atom is -0.365 e. The van der Waals surface area contributed by atoms with Gasteiger partial charge in [-0.2, -0.15) is 0 Å². The molecule has 1 saturated heterocycles. The zero-order valence-corrected chi connectivity index (χ0v) is 12.5. The highest BCUT2D eigenvalue weighted by molar-refractivity contribution is 5.81. The van der Waals surface area contributed by atoms with E-state index in [0.717, 1.165) is 30.5 Å². The summed E-state index contributed by atoms with van der Waals surface area (Å²) in [6, 6.07) is 0. The first-order valence-electron chi connectivity index (χ1n) is 7.57. The smallest absolute Gasteiger partial charge is 0.256 e. The second-order valence-electron chi connectivity index (χ2n) is 5.83. The van der Waals surface area contributed by atoms with Crippen LogP contribution in [0.1, 0.15) is 37.4 Å². The molecular weight excluding hydrogens is 270 g/mol. The lowest BCUT2D eigenvalue weighted by Crippen LogP contribution is -2.44. The molecule has 1 aromatic rings. The summed E-state index contributed by atoms with van der Waals surface area (Å²) in [7, 11) is 1.70. The van der Waals surface area contributed by atoms with E-state index in [4.69, 9.17) is 4.74 Å². The van der Waals surface area contributed by atoms with Crippen molar-refractivity contribution in [1.82, 2.24) is 14.5 Å². The van der Waals surface area contributed by atoms with E-state index in [1.807, 2.05) is 0 Å². The van der Waals surface area contributed by atoms with Crippen molar-refractivity contribution in [3.63, 3.8) is 0 Å². The Labute approximate surface area is 123 Å². The number of hydrogen-bond donors (Lipinski definition) is 0. The Morgan fingerprint density at radius 3 is 3.00 bits per heavy atom. The van der Waals surface area contributed by atoms with E-state index in [2.05, 4.69) is 11.9 Å². The van der Waals surface area contributed by atoms with Gasteiger partial charge in [-0.1, -0.05) is 6.92 Å². The first-order chi connectivity index (χ1) is 10.1. The van der Waals surface area contributed by atoms with E-state index in [-0.39, 0.29) is 23.7 Å². The number of carbonyl (C=O) groups is 1. The van der Waals surface area contributed by atoms with Gasteiger partial charge in [0.05, 0.1) is 24.7 Å². The molecule has 6 nitrogen and oxygen atoms in total. The fourth-order valence-electron chi connectivity index (χ4n) is 3.10. The molecule has 1 amide bonds. The molecule has 2 atom stereocenters. The minimum atomic E-state index is -0.317. The Kier molecular flexibility index (Phi) is 3.80. The zero-order valence-electron chi connectivity index (χ0n) is 12.5. The summed E-state index contributed by atoms with van der Waals surface area (Å²) in [6.45, 7) is 3.07. The summed E-state index contributed by atoms with van der Waals surface area (Å²) in [5.41, 5.74) is 1.46. The van der Waals surface area contributed by atoms with E-state index in [9.17, 15) is 9.59 Å². The largest absolute Gasteiger partial charge is 0.365 e. The Bertz CT molecular complexity index is 611. The molecule has 1 aromatic heterocycles. The van der Waals surface area contributed by atoms with Crippen molar-refractivity contribution in [2.24, 2.45) is 7.05 Å². The molecule has 3 heterocycles. The number of carbonyl (C=O) groups excluding carboxylic acids is 1. The maximum absolute atomic E-state index is 12.5. The monoisotopic (exact) mass is 291 g/mol. The number of rotatable bonds is 2. The third kappa shape index (κ3) is 2.60. The average molecular weight is 291 g/mol. The third-order valence-corrected chi connectivity index (χ3v) is 4.44. The minimum absolute atomic E-state index is 0.00439. The van der Waals surface area contributed by atoms with Crippen LogP contribution >= 0.6 is 0 Å². The van der Waals surface area contributed by atoms with Crippen LogP contribution < -0.4 is 5.56 Å². The van der Waals surface area contributed by atoms with Crippen molar-refractivity contribution in [2.75, 3.05) is 6.54 Å². The van der Waals surface area contributed by atoms with E-state index in [1.54, 1.807) is 11.9 Å². The van der Waals surface area contributed by atoms with E-state index >= 15 is 0 Å². The number of aromatic nitrogens is 2. The van der Waals surface area contributed by atoms with Crippen molar-refractivity contribution < 1.29 is 9.53 Å². The molecule has 0 radical (unpaired) electrons. The number of fused-ring (bicyclic) bond motifs is 1. The fourth-order valence-corrected chi connectivity index (χ4v) is 3.10. The van der Waals surface area contributed by atoms with Crippen LogP contribution in [0.2, 0.25) is 0 Å². The topological polar surface area (TPSA) is 64.4 Å². The van der Waals surface area contributed by atoms with Gasteiger partial charge in [-0.15, -0.1) is 0 Å². The van der Waals surface area contributed by atoms with Gasteiger partial charge < -0.3 is 14.2 Å². The molecule has 0 N–H and O–H groups in total. The number of ether oxygens (including phenoxy) is 1. The molecule has 114 valence electrons. The maximum Gasteiger partial charge on any atom is 0.256 e. The van der Waals surface area contributed by atoms with Crippen molar-refractivity contribution in [3.05, 3.63) is 27.9 Å². The quantitative estimate of drug-likeness (QED) is 0.801. The van der Waals surface area contributed by atoms with Crippen molar-refractivity contribution >= 4 is 5.91 Å². The highest BCUT2D eigenvalue weighted by Gasteiger charge is 2.34. The standard InChI is InChI=1S/C15H21N3O3/c1-3-10-4-5-13(21-10)15(20)18-7-6-11-12(8-18)16-9-17(2)14(11)19/h9-10,13H,3-8H2,1-2H3/t10-,13+/m1/s1. The number of aryl methyl sites for hydroxylation is 1. The van der Waals surface area contributed by atoms with Crippen molar-refractivity contribution in [3.8, 4) is 0 Å². The fraction of sp³-hybridized carbons (Fsp3) is 0.667. The molecule has 0 aromatic carbocycles. The van der Waals surface area contributed by atoms with Crippen LogP contribution in [0.15, 0.2) is 11.1 Å². The van der Waals surface area contributed by atoms with Gasteiger partial charge in [0.25, 0.3) is 11.5 Å². The lowest BCUT2D eigenvalue weighted by Gasteiger charge is -2.29. The Morgan fingerprint density at radius 1 is 1.48 bits per heavy atom. The number of amides is 1. The summed E-state index contributed by atoms with van der Waals surface area (Å²) in [5, 5.41) is 0. The number of hydrogen-bond acceptors (Lipinski definition) is 4. The molecule has 0 saturated carbocycles. The van der Waals surface area contributed by atoms with Crippen LogP contribution in [0.25, 0.3) is 0 Å². The second kappa shape index (κ2) is 5.60. The molecule has 0 bridgehead atoms. The van der Waals surface area contributed by atoms with Crippen LogP contribution in [0, 0.1) is 0 Å². The van der Waals surface area contributed by atoms with Gasteiger partial charge in [-0.25, -0.2) is 4.98 Å². The zero-order chi connectivity index (χ0) is 15.0. The summed E-state index contributed by atoms with van der Waals surface area (Å²) in [4.78, 5) is 30.6. The van der Waals surface area contributed by atoms with Crippen LogP contribution in [0.3, 0.4) is 0 Å².